The molecular weight excluding hydrogens is 330 g/mol. The van der Waals surface area contributed by atoms with Crippen molar-refractivity contribution in [2.45, 2.75) is 6.92 Å². The van der Waals surface area contributed by atoms with Crippen molar-refractivity contribution in [2.24, 2.45) is 0 Å². The number of amides is 1. The number of anilines is 1. The van der Waals surface area contributed by atoms with Gasteiger partial charge in [0.15, 0.2) is 6.61 Å². The summed E-state index contributed by atoms with van der Waals surface area (Å²) in [5.74, 6) is 0.693. The van der Waals surface area contributed by atoms with Gasteiger partial charge in [-0.2, -0.15) is 0 Å². The highest BCUT2D eigenvalue weighted by Crippen LogP contribution is 2.23. The molecule has 0 saturated carbocycles. The van der Waals surface area contributed by atoms with Crippen molar-refractivity contribution >= 4 is 23.2 Å². The van der Waals surface area contributed by atoms with Gasteiger partial charge in [0.25, 0.3) is 5.91 Å². The van der Waals surface area contributed by atoms with Crippen LogP contribution in [-0.4, -0.2) is 22.7 Å². The molecule has 0 aliphatic rings. The molecule has 6 nitrogen and oxygen atoms in total. The Bertz CT molecular complexity index is 833. The van der Waals surface area contributed by atoms with Crippen molar-refractivity contribution < 1.29 is 13.9 Å². The van der Waals surface area contributed by atoms with Crippen LogP contribution in [0.3, 0.4) is 0 Å². The summed E-state index contributed by atoms with van der Waals surface area (Å²) in [5, 5.41) is 10.6. The maximum absolute atomic E-state index is 11.9. The molecule has 0 aliphatic carbocycles. The fraction of sp³-hybridized carbons (Fsp3) is 0.118. The Morgan fingerprint density at radius 3 is 2.71 bits per heavy atom. The fourth-order valence-corrected chi connectivity index (χ4v) is 2.33. The average Bonchev–Trinajstić information content (AvgIpc) is 3.11. The zero-order valence-electron chi connectivity index (χ0n) is 12.8. The van der Waals surface area contributed by atoms with Crippen LogP contribution in [0, 0.1) is 6.92 Å². The van der Waals surface area contributed by atoms with E-state index in [4.69, 9.17) is 20.8 Å². The molecule has 1 N–H and O–H groups in total. The first-order valence-corrected chi connectivity index (χ1v) is 7.55. The molecule has 3 aromatic rings. The van der Waals surface area contributed by atoms with Crippen LogP contribution in [0.5, 0.6) is 5.75 Å². The number of hydrogen-bond donors (Lipinski definition) is 1. The van der Waals surface area contributed by atoms with E-state index in [1.165, 1.54) is 6.39 Å². The monoisotopic (exact) mass is 343 g/mol. The molecule has 0 fully saturated rings. The predicted octanol–water partition coefficient (Wildman–Crippen LogP) is 3.72. The van der Waals surface area contributed by atoms with Crippen molar-refractivity contribution in [3.05, 3.63) is 59.4 Å². The number of nitrogens with zero attached hydrogens (tertiary/aromatic N) is 2. The highest BCUT2D eigenvalue weighted by molar-refractivity contribution is 6.33. The van der Waals surface area contributed by atoms with Gasteiger partial charge in [0.2, 0.25) is 12.3 Å². The number of benzene rings is 2. The average molecular weight is 344 g/mol. The first-order valence-electron chi connectivity index (χ1n) is 7.17. The fourth-order valence-electron chi connectivity index (χ4n) is 2.05. The minimum Gasteiger partial charge on any atom is -0.484 e. The summed E-state index contributed by atoms with van der Waals surface area (Å²) >= 11 is 6.08. The molecule has 24 heavy (non-hydrogen) atoms. The highest BCUT2D eigenvalue weighted by atomic mass is 35.5. The second-order valence-corrected chi connectivity index (χ2v) is 5.50. The van der Waals surface area contributed by atoms with Crippen molar-refractivity contribution in [1.29, 1.82) is 0 Å². The summed E-state index contributed by atoms with van der Waals surface area (Å²) < 4.78 is 10.6. The van der Waals surface area contributed by atoms with E-state index in [9.17, 15) is 4.79 Å². The lowest BCUT2D eigenvalue weighted by molar-refractivity contribution is -0.118. The number of nitrogens with one attached hydrogen (secondary N) is 1. The Labute approximate surface area is 143 Å². The summed E-state index contributed by atoms with van der Waals surface area (Å²) in [4.78, 5) is 11.9. The lowest BCUT2D eigenvalue weighted by Gasteiger charge is -2.09. The molecule has 1 amide bonds. The smallest absolute Gasteiger partial charge is 0.262 e. The molecule has 0 bridgehead atoms. The molecule has 2 aromatic carbocycles. The van der Waals surface area contributed by atoms with Crippen LogP contribution < -0.4 is 10.1 Å². The van der Waals surface area contributed by atoms with Crippen LogP contribution in [0.2, 0.25) is 5.02 Å². The second kappa shape index (κ2) is 7.14. The van der Waals surface area contributed by atoms with Gasteiger partial charge in [0.1, 0.15) is 5.75 Å². The Morgan fingerprint density at radius 1 is 1.25 bits per heavy atom. The van der Waals surface area contributed by atoms with Crippen LogP contribution in [0.4, 0.5) is 5.69 Å². The van der Waals surface area contributed by atoms with E-state index in [0.29, 0.717) is 22.4 Å². The maximum atomic E-state index is 11.9. The van der Waals surface area contributed by atoms with Gasteiger partial charge in [-0.05, 0) is 48.9 Å². The van der Waals surface area contributed by atoms with Crippen LogP contribution in [0.15, 0.2) is 53.3 Å². The zero-order chi connectivity index (χ0) is 16.9. The van der Waals surface area contributed by atoms with E-state index in [-0.39, 0.29) is 12.5 Å². The number of ether oxygens (including phenoxy) is 1. The first-order chi connectivity index (χ1) is 11.6. The molecular formula is C17H14ClN3O3. The predicted molar refractivity (Wildman–Crippen MR) is 90.0 cm³/mol. The van der Waals surface area contributed by atoms with E-state index in [1.54, 1.807) is 36.4 Å². The molecule has 0 radical (unpaired) electrons. The Balaban J connectivity index is 1.56. The first kappa shape index (κ1) is 16.0. The summed E-state index contributed by atoms with van der Waals surface area (Å²) in [7, 11) is 0. The van der Waals surface area contributed by atoms with E-state index in [1.807, 2.05) is 13.0 Å². The number of rotatable bonds is 5. The van der Waals surface area contributed by atoms with E-state index in [2.05, 4.69) is 15.5 Å². The topological polar surface area (TPSA) is 77.2 Å². The number of aromatic nitrogens is 2. The van der Waals surface area contributed by atoms with E-state index >= 15 is 0 Å². The van der Waals surface area contributed by atoms with Gasteiger partial charge in [-0.3, -0.25) is 4.79 Å². The van der Waals surface area contributed by atoms with Crippen molar-refractivity contribution in [1.82, 2.24) is 10.2 Å². The number of carbonyl (C=O) groups is 1. The quantitative estimate of drug-likeness (QED) is 0.764. The molecule has 122 valence electrons. The van der Waals surface area contributed by atoms with Gasteiger partial charge >= 0.3 is 0 Å². The third kappa shape index (κ3) is 3.91. The summed E-state index contributed by atoms with van der Waals surface area (Å²) in [6.07, 6.45) is 1.26. The van der Waals surface area contributed by atoms with Crippen LogP contribution >= 0.6 is 11.6 Å². The number of aryl methyl sites for hydroxylation is 1. The molecule has 0 atom stereocenters. The Kier molecular flexibility index (Phi) is 4.77. The van der Waals surface area contributed by atoms with Crippen LogP contribution in [0.1, 0.15) is 5.56 Å². The Hall–Kier alpha value is -2.86. The third-order valence-corrected chi connectivity index (χ3v) is 3.54. The third-order valence-electron chi connectivity index (χ3n) is 3.23. The molecule has 7 heteroatoms. The minimum absolute atomic E-state index is 0.121. The summed E-state index contributed by atoms with van der Waals surface area (Å²) in [5.41, 5.74) is 2.36. The lowest BCUT2D eigenvalue weighted by atomic mass is 10.2. The molecule has 1 aromatic heterocycles. The number of halogens is 1. The summed E-state index contributed by atoms with van der Waals surface area (Å²) in [6.45, 7) is 1.81. The standard InChI is InChI=1S/C17H14ClN3O3/c1-11-2-7-15(14(18)8-11)20-16(22)9-23-13-5-3-12(4-6-13)17-21-19-10-24-17/h2-8,10H,9H2,1H3,(H,20,22). The summed E-state index contributed by atoms with van der Waals surface area (Å²) in [6, 6.07) is 12.4. The van der Waals surface area contributed by atoms with Crippen molar-refractivity contribution in [3.63, 3.8) is 0 Å². The Morgan fingerprint density at radius 2 is 2.04 bits per heavy atom. The number of carbonyl (C=O) groups excluding carboxylic acids is 1. The SMILES string of the molecule is Cc1ccc(NC(=O)COc2ccc(-c3nnco3)cc2)c(Cl)c1. The second-order valence-electron chi connectivity index (χ2n) is 5.09. The molecule has 0 saturated heterocycles. The van der Waals surface area contributed by atoms with Crippen molar-refractivity contribution in [2.75, 3.05) is 11.9 Å². The highest BCUT2D eigenvalue weighted by Gasteiger charge is 2.08. The van der Waals surface area contributed by atoms with Crippen molar-refractivity contribution in [3.8, 4) is 17.2 Å². The van der Waals surface area contributed by atoms with E-state index in [0.717, 1.165) is 11.1 Å². The van der Waals surface area contributed by atoms with Gasteiger partial charge in [-0.15, -0.1) is 10.2 Å². The lowest BCUT2D eigenvalue weighted by Crippen LogP contribution is -2.20. The van der Waals surface area contributed by atoms with Gasteiger partial charge in [0, 0.05) is 5.56 Å². The van der Waals surface area contributed by atoms with E-state index < -0.39 is 0 Å². The molecule has 0 unspecified atom stereocenters. The van der Waals surface area contributed by atoms with Gasteiger partial charge in [0.05, 0.1) is 10.7 Å². The normalized spacial score (nSPS) is 10.4. The minimum atomic E-state index is -0.290. The molecule has 1 heterocycles. The van der Waals surface area contributed by atoms with Crippen LogP contribution in [0.25, 0.3) is 11.5 Å². The van der Waals surface area contributed by atoms with Crippen LogP contribution in [-0.2, 0) is 4.79 Å². The maximum Gasteiger partial charge on any atom is 0.262 e. The zero-order valence-corrected chi connectivity index (χ0v) is 13.6. The number of hydrogen-bond acceptors (Lipinski definition) is 5. The molecule has 3 rings (SSSR count). The molecule has 0 spiro atoms. The van der Waals surface area contributed by atoms with Gasteiger partial charge < -0.3 is 14.5 Å². The largest absolute Gasteiger partial charge is 0.484 e. The van der Waals surface area contributed by atoms with Gasteiger partial charge in [-0.1, -0.05) is 17.7 Å². The van der Waals surface area contributed by atoms with Gasteiger partial charge in [-0.25, -0.2) is 0 Å². The molecule has 0 aliphatic heterocycles.